The maximum Gasteiger partial charge on any atom is 0.164 e. The highest BCUT2D eigenvalue weighted by Gasteiger charge is 2.16. The Morgan fingerprint density at radius 1 is 0.306 bits per heavy atom. The molecule has 0 bridgehead atoms. The second kappa shape index (κ2) is 12.2. The van der Waals surface area contributed by atoms with Gasteiger partial charge in [-0.3, -0.25) is 0 Å². The summed E-state index contributed by atoms with van der Waals surface area (Å²) in [6, 6.07) is 60.5. The fourth-order valence-electron chi connectivity index (χ4n) is 6.47. The Balaban J connectivity index is 1.12. The van der Waals surface area contributed by atoms with E-state index in [1.807, 2.05) is 54.6 Å². The molecule has 2 aromatic heterocycles. The van der Waals surface area contributed by atoms with E-state index >= 15 is 0 Å². The number of nitrogens with zero attached hydrogens (tertiary/aromatic N) is 3. The molecule has 0 saturated heterocycles. The molecular weight excluding hydrogens is 599 g/mol. The molecule has 0 amide bonds. The number of furan rings is 1. The summed E-state index contributed by atoms with van der Waals surface area (Å²) in [6.07, 6.45) is 0. The molecule has 7 aromatic carbocycles. The number of hydrogen-bond donors (Lipinski definition) is 0. The minimum absolute atomic E-state index is 0.625. The Labute approximate surface area is 284 Å². The van der Waals surface area contributed by atoms with Crippen molar-refractivity contribution < 1.29 is 4.42 Å². The SMILES string of the molecule is c1ccc(-c2ccc(-c3nc(-c4ccccc4)nc(-c4ccc(-c5cc(-c6ccccc6)c6c(c5)oc5ccccc56)cc4)n3)cc2)cc1. The quantitative estimate of drug-likeness (QED) is 0.184. The zero-order valence-electron chi connectivity index (χ0n) is 26.5. The number of rotatable bonds is 6. The number of benzene rings is 7. The summed E-state index contributed by atoms with van der Waals surface area (Å²) >= 11 is 0. The van der Waals surface area contributed by atoms with Crippen LogP contribution >= 0.6 is 0 Å². The number of para-hydroxylation sites is 1. The monoisotopic (exact) mass is 627 g/mol. The first-order chi connectivity index (χ1) is 24.3. The van der Waals surface area contributed by atoms with Gasteiger partial charge in [-0.2, -0.15) is 0 Å². The van der Waals surface area contributed by atoms with Gasteiger partial charge < -0.3 is 4.42 Å². The van der Waals surface area contributed by atoms with Crippen molar-refractivity contribution in [1.82, 2.24) is 15.0 Å². The van der Waals surface area contributed by atoms with E-state index in [4.69, 9.17) is 19.4 Å². The van der Waals surface area contributed by atoms with Crippen LogP contribution in [0.15, 0.2) is 180 Å². The lowest BCUT2D eigenvalue weighted by Gasteiger charge is -2.11. The number of fused-ring (bicyclic) bond motifs is 3. The Bertz CT molecular complexity index is 2560. The minimum Gasteiger partial charge on any atom is -0.456 e. The molecule has 0 unspecified atom stereocenters. The molecule has 0 aliphatic heterocycles. The van der Waals surface area contributed by atoms with E-state index in [9.17, 15) is 0 Å². The average Bonchev–Trinajstić information content (AvgIpc) is 3.57. The lowest BCUT2D eigenvalue weighted by Crippen LogP contribution is -2.00. The molecule has 0 aliphatic carbocycles. The van der Waals surface area contributed by atoms with Crippen molar-refractivity contribution in [2.75, 3.05) is 0 Å². The first-order valence-corrected chi connectivity index (χ1v) is 16.4. The van der Waals surface area contributed by atoms with E-state index in [1.165, 1.54) is 5.56 Å². The van der Waals surface area contributed by atoms with Gasteiger partial charge in [0.15, 0.2) is 17.5 Å². The van der Waals surface area contributed by atoms with Crippen LogP contribution in [0.25, 0.3) is 89.5 Å². The topological polar surface area (TPSA) is 51.8 Å². The van der Waals surface area contributed by atoms with Crippen LogP contribution in [-0.4, -0.2) is 15.0 Å². The lowest BCUT2D eigenvalue weighted by molar-refractivity contribution is 0.669. The molecule has 230 valence electrons. The summed E-state index contributed by atoms with van der Waals surface area (Å²) in [7, 11) is 0. The van der Waals surface area contributed by atoms with E-state index < -0.39 is 0 Å². The minimum atomic E-state index is 0.625. The van der Waals surface area contributed by atoms with Gasteiger partial charge in [-0.05, 0) is 51.6 Å². The normalized spacial score (nSPS) is 11.3. The zero-order chi connectivity index (χ0) is 32.6. The van der Waals surface area contributed by atoms with Crippen LogP contribution in [0, 0.1) is 0 Å². The third-order valence-electron chi connectivity index (χ3n) is 8.96. The van der Waals surface area contributed by atoms with Gasteiger partial charge in [-0.25, -0.2) is 15.0 Å². The number of aromatic nitrogens is 3. The van der Waals surface area contributed by atoms with Gasteiger partial charge in [-0.1, -0.05) is 158 Å². The molecule has 0 spiro atoms. The highest BCUT2D eigenvalue weighted by molar-refractivity contribution is 6.13. The second-order valence-electron chi connectivity index (χ2n) is 12.1. The van der Waals surface area contributed by atoms with Crippen LogP contribution in [0.2, 0.25) is 0 Å². The molecule has 2 heterocycles. The fraction of sp³-hybridized carbons (Fsp3) is 0. The van der Waals surface area contributed by atoms with E-state index in [2.05, 4.69) is 121 Å². The summed E-state index contributed by atoms with van der Waals surface area (Å²) in [5.74, 6) is 1.90. The lowest BCUT2D eigenvalue weighted by atomic mass is 9.94. The highest BCUT2D eigenvalue weighted by Crippen LogP contribution is 2.40. The molecule has 4 nitrogen and oxygen atoms in total. The zero-order valence-corrected chi connectivity index (χ0v) is 26.5. The average molecular weight is 628 g/mol. The van der Waals surface area contributed by atoms with Gasteiger partial charge >= 0.3 is 0 Å². The molecule has 0 N–H and O–H groups in total. The Kier molecular flexibility index (Phi) is 7.10. The smallest absolute Gasteiger partial charge is 0.164 e. The summed E-state index contributed by atoms with van der Waals surface area (Å²) < 4.78 is 6.39. The number of hydrogen-bond acceptors (Lipinski definition) is 4. The first kappa shape index (κ1) is 28.6. The molecule has 0 radical (unpaired) electrons. The standard InChI is InChI=1S/C45H29N3O/c1-4-12-30(13-5-1)31-20-24-35(25-21-31)44-46-43(34-16-8-3-9-17-34)47-45(48-44)36-26-22-32(23-27-36)37-28-39(33-14-6-2-7-15-33)42-38-18-10-11-19-40(38)49-41(42)29-37/h1-29H. The maximum absolute atomic E-state index is 6.39. The van der Waals surface area contributed by atoms with Crippen LogP contribution in [0.3, 0.4) is 0 Å². The van der Waals surface area contributed by atoms with Crippen molar-refractivity contribution >= 4 is 21.9 Å². The van der Waals surface area contributed by atoms with Gasteiger partial charge in [0.1, 0.15) is 11.2 Å². The van der Waals surface area contributed by atoms with Crippen molar-refractivity contribution in [3.05, 3.63) is 176 Å². The maximum atomic E-state index is 6.39. The molecule has 0 aliphatic rings. The van der Waals surface area contributed by atoms with Crippen LogP contribution in [-0.2, 0) is 0 Å². The summed E-state index contributed by atoms with van der Waals surface area (Å²) in [6.45, 7) is 0. The first-order valence-electron chi connectivity index (χ1n) is 16.4. The fourth-order valence-corrected chi connectivity index (χ4v) is 6.47. The van der Waals surface area contributed by atoms with Gasteiger partial charge in [0.2, 0.25) is 0 Å². The van der Waals surface area contributed by atoms with Crippen molar-refractivity contribution in [3.8, 4) is 67.5 Å². The van der Waals surface area contributed by atoms with Crippen molar-refractivity contribution in [2.24, 2.45) is 0 Å². The summed E-state index contributed by atoms with van der Waals surface area (Å²) in [4.78, 5) is 14.9. The molecule has 9 aromatic rings. The Morgan fingerprint density at radius 2 is 0.714 bits per heavy atom. The van der Waals surface area contributed by atoms with Crippen LogP contribution < -0.4 is 0 Å². The molecular formula is C45H29N3O. The van der Waals surface area contributed by atoms with Crippen molar-refractivity contribution in [3.63, 3.8) is 0 Å². The summed E-state index contributed by atoms with van der Waals surface area (Å²) in [5, 5.41) is 2.25. The molecule has 0 atom stereocenters. The third kappa shape index (κ3) is 5.45. The molecule has 49 heavy (non-hydrogen) atoms. The summed E-state index contributed by atoms with van der Waals surface area (Å²) in [5.41, 5.74) is 11.3. The second-order valence-corrected chi connectivity index (χ2v) is 12.1. The van der Waals surface area contributed by atoms with Gasteiger partial charge in [0.05, 0.1) is 0 Å². The van der Waals surface area contributed by atoms with Crippen LogP contribution in [0.4, 0.5) is 0 Å². The van der Waals surface area contributed by atoms with Crippen LogP contribution in [0.1, 0.15) is 0 Å². The largest absolute Gasteiger partial charge is 0.456 e. The van der Waals surface area contributed by atoms with Gasteiger partial charge in [-0.15, -0.1) is 0 Å². The predicted molar refractivity (Wildman–Crippen MR) is 200 cm³/mol. The van der Waals surface area contributed by atoms with E-state index in [1.54, 1.807) is 0 Å². The Morgan fingerprint density at radius 3 is 1.29 bits per heavy atom. The van der Waals surface area contributed by atoms with Gasteiger partial charge in [0, 0.05) is 27.5 Å². The molecule has 0 saturated carbocycles. The van der Waals surface area contributed by atoms with E-state index in [0.29, 0.717) is 17.5 Å². The molecule has 0 fully saturated rings. The van der Waals surface area contributed by atoms with E-state index in [-0.39, 0.29) is 0 Å². The van der Waals surface area contributed by atoms with Crippen molar-refractivity contribution in [1.29, 1.82) is 0 Å². The predicted octanol–water partition coefficient (Wildman–Crippen LogP) is 11.8. The van der Waals surface area contributed by atoms with Gasteiger partial charge in [0.25, 0.3) is 0 Å². The molecule has 4 heteroatoms. The van der Waals surface area contributed by atoms with E-state index in [0.717, 1.165) is 66.4 Å². The molecule has 9 rings (SSSR count). The third-order valence-corrected chi connectivity index (χ3v) is 8.96. The van der Waals surface area contributed by atoms with Crippen molar-refractivity contribution in [2.45, 2.75) is 0 Å². The highest BCUT2D eigenvalue weighted by atomic mass is 16.3. The van der Waals surface area contributed by atoms with Crippen LogP contribution in [0.5, 0.6) is 0 Å². The Hall–Kier alpha value is -6.65.